The Hall–Kier alpha value is -3.26. The summed E-state index contributed by atoms with van der Waals surface area (Å²) in [5.74, 6) is -1.06. The average Bonchev–Trinajstić information content (AvgIpc) is 2.80. The molecule has 3 atom stereocenters. The number of amides is 2. The molecular formula is C25H30FN3O4. The lowest BCUT2D eigenvalue weighted by Gasteiger charge is -2.37. The Bertz CT molecular complexity index is 1040. The molecule has 3 rings (SSSR count). The van der Waals surface area contributed by atoms with Gasteiger partial charge in [0.1, 0.15) is 17.5 Å². The maximum absolute atomic E-state index is 13.6. The summed E-state index contributed by atoms with van der Waals surface area (Å²) in [7, 11) is 1.63. The van der Waals surface area contributed by atoms with E-state index in [-0.39, 0.29) is 42.3 Å². The number of ether oxygens (including phenoxy) is 1. The van der Waals surface area contributed by atoms with Gasteiger partial charge in [-0.05, 0) is 43.7 Å². The van der Waals surface area contributed by atoms with Crippen molar-refractivity contribution in [1.82, 2.24) is 14.8 Å². The van der Waals surface area contributed by atoms with Crippen LogP contribution in [0.15, 0.2) is 42.6 Å². The second kappa shape index (κ2) is 10.6. The fourth-order valence-corrected chi connectivity index (χ4v) is 3.81. The van der Waals surface area contributed by atoms with Crippen molar-refractivity contribution in [2.45, 2.75) is 32.9 Å². The first-order valence-electron chi connectivity index (χ1n) is 11.0. The Morgan fingerprint density at radius 1 is 1.42 bits per heavy atom. The highest BCUT2D eigenvalue weighted by molar-refractivity contribution is 5.97. The van der Waals surface area contributed by atoms with Crippen molar-refractivity contribution in [3.63, 3.8) is 0 Å². The van der Waals surface area contributed by atoms with Crippen LogP contribution in [0.4, 0.5) is 4.39 Å². The van der Waals surface area contributed by atoms with Crippen molar-refractivity contribution < 1.29 is 23.8 Å². The zero-order valence-electron chi connectivity index (χ0n) is 19.4. The number of fused-ring (bicyclic) bond motifs is 1. The summed E-state index contributed by atoms with van der Waals surface area (Å²) in [6, 6.07) is 6.86. The highest BCUT2D eigenvalue weighted by atomic mass is 19.1. The molecular weight excluding hydrogens is 425 g/mol. The van der Waals surface area contributed by atoms with Crippen molar-refractivity contribution in [2.75, 3.05) is 26.7 Å². The summed E-state index contributed by atoms with van der Waals surface area (Å²) in [4.78, 5) is 33.6. The van der Waals surface area contributed by atoms with Gasteiger partial charge in [0, 0.05) is 31.3 Å². The minimum atomic E-state index is -0.480. The van der Waals surface area contributed by atoms with Gasteiger partial charge in [-0.15, -0.1) is 0 Å². The molecule has 1 aliphatic heterocycles. The second-order valence-electron chi connectivity index (χ2n) is 8.44. The predicted octanol–water partition coefficient (Wildman–Crippen LogP) is 3.25. The highest BCUT2D eigenvalue weighted by Gasteiger charge is 2.34. The van der Waals surface area contributed by atoms with Crippen LogP contribution in [0, 0.1) is 11.7 Å². The fraction of sp³-hybridized carbons (Fsp3) is 0.400. The summed E-state index contributed by atoms with van der Waals surface area (Å²) in [5.41, 5.74) is 1.31. The van der Waals surface area contributed by atoms with Gasteiger partial charge in [0.05, 0.1) is 19.2 Å². The maximum atomic E-state index is 13.6. The third-order valence-corrected chi connectivity index (χ3v) is 5.77. The van der Waals surface area contributed by atoms with Gasteiger partial charge in [0.25, 0.3) is 11.8 Å². The number of nitrogens with zero attached hydrogens (tertiary/aromatic N) is 3. The summed E-state index contributed by atoms with van der Waals surface area (Å²) >= 11 is 0. The minimum absolute atomic E-state index is 0.170. The van der Waals surface area contributed by atoms with Gasteiger partial charge in [-0.1, -0.05) is 25.1 Å². The fourth-order valence-electron chi connectivity index (χ4n) is 3.81. The van der Waals surface area contributed by atoms with Crippen molar-refractivity contribution in [3.05, 3.63) is 65.1 Å². The minimum Gasteiger partial charge on any atom is -0.472 e. The molecule has 0 radical (unpaired) electrons. The van der Waals surface area contributed by atoms with Crippen LogP contribution in [0.5, 0.6) is 5.88 Å². The van der Waals surface area contributed by atoms with Crippen LogP contribution in [-0.2, 0) is 0 Å². The summed E-state index contributed by atoms with van der Waals surface area (Å²) in [6.45, 7) is 5.95. The van der Waals surface area contributed by atoms with E-state index in [1.807, 2.05) is 26.0 Å². The lowest BCUT2D eigenvalue weighted by molar-refractivity contribution is 0.0313. The summed E-state index contributed by atoms with van der Waals surface area (Å²) in [5, 5.41) is 9.74. The number of carbonyl (C=O) groups excluding carboxylic acids is 2. The molecule has 8 heteroatoms. The molecule has 0 unspecified atom stereocenters. The van der Waals surface area contributed by atoms with Gasteiger partial charge in [0.2, 0.25) is 5.88 Å². The van der Waals surface area contributed by atoms with Crippen molar-refractivity contribution >= 4 is 17.9 Å². The number of hydrogen-bond acceptors (Lipinski definition) is 5. The van der Waals surface area contributed by atoms with E-state index in [0.717, 1.165) is 5.56 Å². The molecule has 0 saturated carbocycles. The van der Waals surface area contributed by atoms with Crippen LogP contribution in [0.25, 0.3) is 6.08 Å². The molecule has 2 aromatic rings. The molecule has 0 fully saturated rings. The molecule has 1 aliphatic rings. The average molecular weight is 456 g/mol. The Morgan fingerprint density at radius 2 is 2.18 bits per heavy atom. The van der Waals surface area contributed by atoms with Crippen LogP contribution >= 0.6 is 0 Å². The van der Waals surface area contributed by atoms with E-state index in [0.29, 0.717) is 12.1 Å². The standard InChI is InChI=1S/C25H30FN3O4/c1-5-7-18-10-21-23(27-12-18)33-22(16(2)13-29(25(21)32)17(3)15-30)14-28(4)24(31)19-8-6-9-20(26)11-19/h5-12,16-17,22,30H,13-15H2,1-4H3/t16-,17-,22+/m0/s1. The Morgan fingerprint density at radius 3 is 2.85 bits per heavy atom. The first-order chi connectivity index (χ1) is 15.7. The second-order valence-corrected chi connectivity index (χ2v) is 8.44. The number of carbonyl (C=O) groups is 2. The first kappa shape index (κ1) is 24.4. The number of benzene rings is 1. The van der Waals surface area contributed by atoms with E-state index in [1.165, 1.54) is 23.1 Å². The van der Waals surface area contributed by atoms with E-state index < -0.39 is 18.0 Å². The van der Waals surface area contributed by atoms with E-state index in [2.05, 4.69) is 4.98 Å². The number of hydrogen-bond donors (Lipinski definition) is 1. The molecule has 2 amide bonds. The monoisotopic (exact) mass is 455 g/mol. The number of aliphatic hydroxyl groups excluding tert-OH is 1. The number of halogens is 1. The lowest BCUT2D eigenvalue weighted by atomic mass is 9.99. The number of rotatable bonds is 6. The third kappa shape index (κ3) is 5.57. The molecule has 1 N–H and O–H groups in total. The third-order valence-electron chi connectivity index (χ3n) is 5.77. The highest BCUT2D eigenvalue weighted by Crippen LogP contribution is 2.28. The normalized spacial score (nSPS) is 19.5. The van der Waals surface area contributed by atoms with Crippen LogP contribution in [0.1, 0.15) is 47.1 Å². The van der Waals surface area contributed by atoms with Gasteiger partial charge >= 0.3 is 0 Å². The summed E-state index contributed by atoms with van der Waals surface area (Å²) < 4.78 is 19.8. The number of allylic oxidation sites excluding steroid dienone is 1. The molecule has 1 aromatic heterocycles. The molecule has 0 saturated heterocycles. The van der Waals surface area contributed by atoms with Gasteiger partial charge < -0.3 is 19.6 Å². The van der Waals surface area contributed by atoms with E-state index in [9.17, 15) is 19.1 Å². The van der Waals surface area contributed by atoms with Crippen LogP contribution < -0.4 is 4.74 Å². The van der Waals surface area contributed by atoms with E-state index in [1.54, 1.807) is 37.2 Å². The van der Waals surface area contributed by atoms with Gasteiger partial charge in [-0.2, -0.15) is 0 Å². The van der Waals surface area contributed by atoms with Gasteiger partial charge in [0.15, 0.2) is 0 Å². The number of pyridine rings is 1. The van der Waals surface area contributed by atoms with Crippen LogP contribution in [-0.4, -0.2) is 70.6 Å². The van der Waals surface area contributed by atoms with E-state index >= 15 is 0 Å². The Labute approximate surface area is 193 Å². The largest absolute Gasteiger partial charge is 0.472 e. The van der Waals surface area contributed by atoms with E-state index in [4.69, 9.17) is 4.74 Å². The molecule has 33 heavy (non-hydrogen) atoms. The molecule has 2 heterocycles. The first-order valence-corrected chi connectivity index (χ1v) is 11.0. The van der Waals surface area contributed by atoms with Crippen LogP contribution in [0.3, 0.4) is 0 Å². The maximum Gasteiger partial charge on any atom is 0.259 e. The Kier molecular flexibility index (Phi) is 7.81. The predicted molar refractivity (Wildman–Crippen MR) is 123 cm³/mol. The SMILES string of the molecule is CC=Cc1cnc2c(c1)C(=O)N([C@@H](C)CO)C[C@H](C)[C@@H](CN(C)C(=O)c1cccc(F)c1)O2. The summed E-state index contributed by atoms with van der Waals surface area (Å²) in [6.07, 6.45) is 4.83. The molecule has 176 valence electrons. The van der Waals surface area contributed by atoms with Crippen molar-refractivity contribution in [3.8, 4) is 5.88 Å². The molecule has 0 aliphatic carbocycles. The topological polar surface area (TPSA) is 83.0 Å². The van der Waals surface area contributed by atoms with Gasteiger partial charge in [-0.3, -0.25) is 9.59 Å². The number of likely N-dealkylation sites (N-methyl/N-ethyl adjacent to an activating group) is 1. The quantitative estimate of drug-likeness (QED) is 0.723. The van der Waals surface area contributed by atoms with Crippen molar-refractivity contribution in [1.29, 1.82) is 0 Å². The number of aromatic nitrogens is 1. The Balaban J connectivity index is 1.93. The molecule has 0 bridgehead atoms. The smallest absolute Gasteiger partial charge is 0.259 e. The zero-order valence-corrected chi connectivity index (χ0v) is 19.4. The molecule has 0 spiro atoms. The zero-order chi connectivity index (χ0) is 24.1. The number of aliphatic hydroxyl groups is 1. The van der Waals surface area contributed by atoms with Crippen molar-refractivity contribution in [2.24, 2.45) is 5.92 Å². The van der Waals surface area contributed by atoms with Crippen LogP contribution in [0.2, 0.25) is 0 Å². The molecule has 7 nitrogen and oxygen atoms in total. The van der Waals surface area contributed by atoms with Gasteiger partial charge in [-0.25, -0.2) is 9.37 Å². The lowest BCUT2D eigenvalue weighted by Crippen LogP contribution is -2.50. The molecule has 1 aromatic carbocycles.